The smallest absolute Gasteiger partial charge is 0.262 e. The largest absolute Gasteiger partial charge is 0.487 e. The molecule has 0 radical (unpaired) electrons. The molecule has 138 valence electrons. The minimum absolute atomic E-state index is 0.0857. The van der Waals surface area contributed by atoms with Crippen molar-refractivity contribution in [3.05, 3.63) is 78.4 Å². The van der Waals surface area contributed by atoms with E-state index >= 15 is 0 Å². The van der Waals surface area contributed by atoms with Crippen LogP contribution < -0.4 is 18.9 Å². The predicted octanol–water partition coefficient (Wildman–Crippen LogP) is 3.80. The highest BCUT2D eigenvalue weighted by atomic mass is 32.2. The highest BCUT2D eigenvalue weighted by molar-refractivity contribution is 7.92. The molecule has 0 unspecified atom stereocenters. The maximum atomic E-state index is 12.7. The summed E-state index contributed by atoms with van der Waals surface area (Å²) in [5.41, 5.74) is 1.26. The maximum absolute atomic E-state index is 12.7. The zero-order valence-corrected chi connectivity index (χ0v) is 15.1. The standard InChI is InChI=1S/C20H17NO5S/c22-27(23,16-9-5-2-6-10-16)21-17-11-19-20(26-14-25-19)12-18(17)24-13-15-7-3-1-4-8-15/h1-12,21H,13-14H2. The van der Waals surface area contributed by atoms with E-state index in [1.807, 2.05) is 30.3 Å². The fourth-order valence-electron chi connectivity index (χ4n) is 2.66. The molecule has 7 heteroatoms. The molecule has 6 nitrogen and oxygen atoms in total. The van der Waals surface area contributed by atoms with Crippen LogP contribution in [0.3, 0.4) is 0 Å². The van der Waals surface area contributed by atoms with Crippen LogP contribution in [0.2, 0.25) is 0 Å². The molecule has 1 heterocycles. The number of rotatable bonds is 6. The maximum Gasteiger partial charge on any atom is 0.262 e. The first-order valence-corrected chi connectivity index (χ1v) is 9.78. The van der Waals surface area contributed by atoms with E-state index in [1.165, 1.54) is 12.1 Å². The summed E-state index contributed by atoms with van der Waals surface area (Å²) in [5.74, 6) is 1.34. The Balaban J connectivity index is 1.64. The summed E-state index contributed by atoms with van der Waals surface area (Å²) in [5, 5.41) is 0. The van der Waals surface area contributed by atoms with Crippen LogP contribution in [0.25, 0.3) is 0 Å². The zero-order valence-electron chi connectivity index (χ0n) is 14.3. The SMILES string of the molecule is O=S(=O)(Nc1cc2c(cc1OCc1ccccc1)OCO2)c1ccccc1. The van der Waals surface area contributed by atoms with Gasteiger partial charge in [0.15, 0.2) is 11.5 Å². The molecule has 0 atom stereocenters. The molecule has 3 aromatic carbocycles. The summed E-state index contributed by atoms with van der Waals surface area (Å²) in [7, 11) is -3.76. The number of hydrogen-bond acceptors (Lipinski definition) is 5. The van der Waals surface area contributed by atoms with Crippen LogP contribution in [-0.2, 0) is 16.6 Å². The Hall–Kier alpha value is -3.19. The van der Waals surface area contributed by atoms with Gasteiger partial charge >= 0.3 is 0 Å². The van der Waals surface area contributed by atoms with Gasteiger partial charge in [0, 0.05) is 12.1 Å². The Kier molecular flexibility index (Phi) is 4.60. The number of fused-ring (bicyclic) bond motifs is 1. The van der Waals surface area contributed by atoms with Crippen LogP contribution in [0.5, 0.6) is 17.2 Å². The quantitative estimate of drug-likeness (QED) is 0.701. The Morgan fingerprint density at radius 1 is 0.889 bits per heavy atom. The van der Waals surface area contributed by atoms with Gasteiger partial charge in [0.2, 0.25) is 6.79 Å². The van der Waals surface area contributed by atoms with Crippen LogP contribution in [0.4, 0.5) is 5.69 Å². The minimum atomic E-state index is -3.76. The monoisotopic (exact) mass is 383 g/mol. The third-order valence-corrected chi connectivity index (χ3v) is 5.39. The average molecular weight is 383 g/mol. The molecule has 1 N–H and O–H groups in total. The molecule has 0 amide bonds. The first-order chi connectivity index (χ1) is 13.1. The molecule has 1 aliphatic heterocycles. The van der Waals surface area contributed by atoms with E-state index in [4.69, 9.17) is 14.2 Å². The molecule has 0 fully saturated rings. The Morgan fingerprint density at radius 3 is 2.22 bits per heavy atom. The lowest BCUT2D eigenvalue weighted by Crippen LogP contribution is -2.13. The molecule has 27 heavy (non-hydrogen) atoms. The number of hydrogen-bond donors (Lipinski definition) is 1. The lowest BCUT2D eigenvalue weighted by Gasteiger charge is -2.15. The summed E-state index contributed by atoms with van der Waals surface area (Å²) in [6.07, 6.45) is 0. The number of sulfonamides is 1. The highest BCUT2D eigenvalue weighted by Gasteiger charge is 2.22. The van der Waals surface area contributed by atoms with Crippen molar-refractivity contribution in [1.82, 2.24) is 0 Å². The van der Waals surface area contributed by atoms with Gasteiger partial charge in [-0.05, 0) is 17.7 Å². The van der Waals surface area contributed by atoms with Crippen molar-refractivity contribution < 1.29 is 22.6 Å². The Labute approximate surface area is 157 Å². The minimum Gasteiger partial charge on any atom is -0.487 e. The molecular weight excluding hydrogens is 366 g/mol. The van der Waals surface area contributed by atoms with Crippen LogP contribution in [0.1, 0.15) is 5.56 Å². The van der Waals surface area contributed by atoms with E-state index in [2.05, 4.69) is 4.72 Å². The van der Waals surface area contributed by atoms with Crippen molar-refractivity contribution in [3.63, 3.8) is 0 Å². The van der Waals surface area contributed by atoms with Gasteiger partial charge in [0.05, 0.1) is 10.6 Å². The van der Waals surface area contributed by atoms with E-state index in [0.717, 1.165) is 5.56 Å². The second kappa shape index (κ2) is 7.20. The summed E-state index contributed by atoms with van der Waals surface area (Å²) in [6.45, 7) is 0.378. The van der Waals surface area contributed by atoms with Crippen molar-refractivity contribution in [2.45, 2.75) is 11.5 Å². The van der Waals surface area contributed by atoms with Gasteiger partial charge in [0.1, 0.15) is 12.4 Å². The predicted molar refractivity (Wildman–Crippen MR) is 101 cm³/mol. The lowest BCUT2D eigenvalue weighted by atomic mass is 10.2. The lowest BCUT2D eigenvalue weighted by molar-refractivity contribution is 0.173. The topological polar surface area (TPSA) is 73.9 Å². The number of anilines is 1. The van der Waals surface area contributed by atoms with Gasteiger partial charge in [-0.1, -0.05) is 48.5 Å². The second-order valence-corrected chi connectivity index (χ2v) is 7.58. The molecule has 0 bridgehead atoms. The third-order valence-electron chi connectivity index (χ3n) is 4.01. The van der Waals surface area contributed by atoms with Crippen LogP contribution in [-0.4, -0.2) is 15.2 Å². The van der Waals surface area contributed by atoms with Crippen LogP contribution in [0.15, 0.2) is 77.7 Å². The molecule has 1 aliphatic rings. The van der Waals surface area contributed by atoms with Crippen LogP contribution in [0, 0.1) is 0 Å². The molecule has 0 saturated carbocycles. The fourth-order valence-corrected chi connectivity index (χ4v) is 3.74. The van der Waals surface area contributed by atoms with Crippen molar-refractivity contribution in [1.29, 1.82) is 0 Å². The van der Waals surface area contributed by atoms with Crippen LogP contribution >= 0.6 is 0 Å². The van der Waals surface area contributed by atoms with Crippen molar-refractivity contribution in [2.24, 2.45) is 0 Å². The zero-order chi connectivity index (χ0) is 18.7. The number of benzene rings is 3. The molecule has 0 saturated heterocycles. The van der Waals surface area contributed by atoms with Crippen molar-refractivity contribution in [3.8, 4) is 17.2 Å². The fraction of sp³-hybridized carbons (Fsp3) is 0.100. The Morgan fingerprint density at radius 2 is 1.52 bits per heavy atom. The van der Waals surface area contributed by atoms with E-state index in [1.54, 1.807) is 30.3 Å². The number of ether oxygens (including phenoxy) is 3. The molecule has 4 rings (SSSR count). The van der Waals surface area contributed by atoms with E-state index in [9.17, 15) is 8.42 Å². The van der Waals surface area contributed by atoms with Gasteiger partial charge in [-0.3, -0.25) is 4.72 Å². The summed E-state index contributed by atoms with van der Waals surface area (Å²) in [6, 6.07) is 21.0. The van der Waals surface area contributed by atoms with Gasteiger partial charge in [-0.2, -0.15) is 0 Å². The first kappa shape index (κ1) is 17.2. The highest BCUT2D eigenvalue weighted by Crippen LogP contribution is 2.41. The molecular formula is C20H17NO5S. The normalized spacial score (nSPS) is 12.6. The van der Waals surface area contributed by atoms with E-state index in [0.29, 0.717) is 29.5 Å². The summed E-state index contributed by atoms with van der Waals surface area (Å²) in [4.78, 5) is 0.164. The average Bonchev–Trinajstić information content (AvgIpc) is 3.14. The van der Waals surface area contributed by atoms with Gasteiger partial charge in [0.25, 0.3) is 10.0 Å². The number of nitrogens with one attached hydrogen (secondary N) is 1. The van der Waals surface area contributed by atoms with Gasteiger partial charge in [-0.25, -0.2) is 8.42 Å². The first-order valence-electron chi connectivity index (χ1n) is 8.30. The molecule has 3 aromatic rings. The summed E-state index contributed by atoms with van der Waals surface area (Å²) < 4.78 is 44.6. The third kappa shape index (κ3) is 3.83. The molecule has 0 spiro atoms. The van der Waals surface area contributed by atoms with Crippen molar-refractivity contribution >= 4 is 15.7 Å². The molecule has 0 aromatic heterocycles. The second-order valence-electron chi connectivity index (χ2n) is 5.89. The van der Waals surface area contributed by atoms with E-state index < -0.39 is 10.0 Å². The molecule has 0 aliphatic carbocycles. The Bertz CT molecular complexity index is 1040. The van der Waals surface area contributed by atoms with Crippen molar-refractivity contribution in [2.75, 3.05) is 11.5 Å². The summed E-state index contributed by atoms with van der Waals surface area (Å²) >= 11 is 0. The van der Waals surface area contributed by atoms with E-state index in [-0.39, 0.29) is 11.7 Å². The van der Waals surface area contributed by atoms with Gasteiger partial charge in [-0.15, -0.1) is 0 Å². The van der Waals surface area contributed by atoms with Gasteiger partial charge < -0.3 is 14.2 Å².